The average Bonchev–Trinajstić information content (AvgIpc) is 2.76. The van der Waals surface area contributed by atoms with Crippen LogP contribution in [-0.2, 0) is 29.6 Å². The number of nitrogens with two attached hydrogens (primary N) is 1. The Bertz CT molecular complexity index is 975. The number of amides is 2. The summed E-state index contributed by atoms with van der Waals surface area (Å²) in [5.41, 5.74) is 0.0419. The van der Waals surface area contributed by atoms with Crippen LogP contribution in [0.5, 0.6) is 0 Å². The van der Waals surface area contributed by atoms with E-state index in [9.17, 15) is 26.4 Å². The number of hydrogen-bond donors (Lipinski definition) is 3. The van der Waals surface area contributed by atoms with Gasteiger partial charge in [-0.3, -0.25) is 14.5 Å². The van der Waals surface area contributed by atoms with Crippen LogP contribution in [0.4, 0.5) is 5.69 Å². The second-order valence-corrected chi connectivity index (χ2v) is 9.16. The van der Waals surface area contributed by atoms with Gasteiger partial charge in [0.1, 0.15) is 16.0 Å². The minimum absolute atomic E-state index is 0.0419. The van der Waals surface area contributed by atoms with Gasteiger partial charge in [-0.2, -0.15) is 4.72 Å². The lowest BCUT2D eigenvalue weighted by atomic mass is 10.3. The predicted octanol–water partition coefficient (Wildman–Crippen LogP) is -0.834. The molecule has 0 bridgehead atoms. The Morgan fingerprint density at radius 1 is 1.24 bits per heavy atom. The molecule has 25 heavy (non-hydrogen) atoms. The number of benzene rings is 1. The third kappa shape index (κ3) is 3.35. The number of fused-ring (bicyclic) bond motifs is 1. The van der Waals surface area contributed by atoms with Crippen molar-refractivity contribution >= 4 is 49.1 Å². The summed E-state index contributed by atoms with van der Waals surface area (Å²) < 4.78 is 50.0. The van der Waals surface area contributed by atoms with E-state index in [4.69, 9.17) is 16.7 Å². The van der Waals surface area contributed by atoms with E-state index in [1.165, 1.54) is 0 Å². The van der Waals surface area contributed by atoms with Gasteiger partial charge in [0, 0.05) is 12.8 Å². The number of carbonyl (C=O) groups excluding carboxylic acids is 2. The van der Waals surface area contributed by atoms with Crippen molar-refractivity contribution in [2.75, 3.05) is 11.9 Å². The van der Waals surface area contributed by atoms with E-state index in [2.05, 4.69) is 10.0 Å². The molecule has 2 aliphatic heterocycles. The molecule has 136 valence electrons. The highest BCUT2D eigenvalue weighted by atomic mass is 35.5. The first-order chi connectivity index (χ1) is 11.5. The highest BCUT2D eigenvalue weighted by Crippen LogP contribution is 2.33. The second kappa shape index (κ2) is 5.92. The normalized spacial score (nSPS) is 22.6. The largest absolute Gasteiger partial charge is 0.366 e. The van der Waals surface area contributed by atoms with Crippen molar-refractivity contribution in [3.05, 3.63) is 17.2 Å². The molecule has 1 aromatic carbocycles. The number of imide groups is 1. The van der Waals surface area contributed by atoms with Gasteiger partial charge in [0.25, 0.3) is 0 Å². The lowest BCUT2D eigenvalue weighted by Gasteiger charge is -2.30. The van der Waals surface area contributed by atoms with Gasteiger partial charge < -0.3 is 5.32 Å². The van der Waals surface area contributed by atoms with Crippen LogP contribution in [0.15, 0.2) is 21.9 Å². The molecule has 1 saturated heterocycles. The molecule has 0 aliphatic carbocycles. The Labute approximate surface area is 148 Å². The fourth-order valence-corrected chi connectivity index (χ4v) is 5.14. The SMILES string of the molecule is NS(=O)(=O)c1cc2c(cc1Cl)N[C@@H](CN1C(=O)CCC1=O)NS2(=O)=O. The molecule has 13 heteroatoms. The number of anilines is 1. The van der Waals surface area contributed by atoms with Crippen molar-refractivity contribution < 1.29 is 26.4 Å². The number of halogens is 1. The van der Waals surface area contributed by atoms with Crippen molar-refractivity contribution in [3.63, 3.8) is 0 Å². The Balaban J connectivity index is 1.97. The maximum absolute atomic E-state index is 12.4. The van der Waals surface area contributed by atoms with Crippen LogP contribution in [-0.4, -0.2) is 46.3 Å². The highest BCUT2D eigenvalue weighted by molar-refractivity contribution is 7.90. The van der Waals surface area contributed by atoms with Gasteiger partial charge in [-0.15, -0.1) is 0 Å². The van der Waals surface area contributed by atoms with Crippen molar-refractivity contribution in [1.82, 2.24) is 9.62 Å². The van der Waals surface area contributed by atoms with Crippen LogP contribution in [0.3, 0.4) is 0 Å². The number of hydrogen-bond acceptors (Lipinski definition) is 7. The summed E-state index contributed by atoms with van der Waals surface area (Å²) in [6.07, 6.45) is -0.809. The van der Waals surface area contributed by atoms with Crippen LogP contribution in [0, 0.1) is 0 Å². The Hall–Kier alpha value is -1.73. The van der Waals surface area contributed by atoms with Crippen LogP contribution in [0.25, 0.3) is 0 Å². The molecule has 10 nitrogen and oxygen atoms in total. The van der Waals surface area contributed by atoms with Crippen LogP contribution in [0.2, 0.25) is 5.02 Å². The summed E-state index contributed by atoms with van der Waals surface area (Å²) in [4.78, 5) is 23.4. The van der Waals surface area contributed by atoms with E-state index in [0.29, 0.717) is 0 Å². The van der Waals surface area contributed by atoms with E-state index in [0.717, 1.165) is 17.0 Å². The number of nitrogens with zero attached hydrogens (tertiary/aromatic N) is 1. The smallest absolute Gasteiger partial charge is 0.244 e. The Morgan fingerprint density at radius 2 is 1.84 bits per heavy atom. The number of primary sulfonamides is 1. The molecule has 0 saturated carbocycles. The first kappa shape index (κ1) is 18.1. The van der Waals surface area contributed by atoms with E-state index < -0.39 is 31.1 Å². The van der Waals surface area contributed by atoms with Gasteiger partial charge in [0.05, 0.1) is 17.3 Å². The van der Waals surface area contributed by atoms with E-state index in [-0.39, 0.29) is 46.8 Å². The molecule has 0 aromatic heterocycles. The van der Waals surface area contributed by atoms with Gasteiger partial charge in [0.15, 0.2) is 0 Å². The summed E-state index contributed by atoms with van der Waals surface area (Å²) in [5.74, 6) is -0.779. The second-order valence-electron chi connectivity index (χ2n) is 5.54. The topological polar surface area (TPSA) is 156 Å². The van der Waals surface area contributed by atoms with E-state index in [1.807, 2.05) is 0 Å². The lowest BCUT2D eigenvalue weighted by molar-refractivity contribution is -0.138. The highest BCUT2D eigenvalue weighted by Gasteiger charge is 2.36. The molecule has 2 heterocycles. The molecular formula is C12H13ClN4O6S2. The fraction of sp³-hybridized carbons (Fsp3) is 0.333. The molecular weight excluding hydrogens is 396 g/mol. The van der Waals surface area contributed by atoms with E-state index in [1.54, 1.807) is 0 Å². The summed E-state index contributed by atoms with van der Waals surface area (Å²) in [6, 6.07) is 1.97. The maximum Gasteiger partial charge on any atom is 0.244 e. The first-order valence-corrected chi connectivity index (χ1v) is 10.4. The molecule has 0 spiro atoms. The predicted molar refractivity (Wildman–Crippen MR) is 86.5 cm³/mol. The minimum atomic E-state index is -4.21. The molecule has 4 N–H and O–H groups in total. The van der Waals surface area contributed by atoms with E-state index >= 15 is 0 Å². The average molecular weight is 409 g/mol. The number of rotatable bonds is 3. The quantitative estimate of drug-likeness (QED) is 0.551. The molecule has 1 aromatic rings. The van der Waals surface area contributed by atoms with Crippen molar-refractivity contribution in [3.8, 4) is 0 Å². The first-order valence-electron chi connectivity index (χ1n) is 6.97. The van der Waals surface area contributed by atoms with Crippen molar-refractivity contribution in [2.45, 2.75) is 28.8 Å². The standard InChI is InChI=1S/C12H13ClN4O6S2/c13-6-3-7-9(4-8(6)24(14,20)21)25(22,23)16-10(15-7)5-17-11(18)1-2-12(17)19/h3-4,10,15-16H,1-2,5H2,(H2,14,20,21)/t10-/m1/s1. The van der Waals surface area contributed by atoms with Gasteiger partial charge in [-0.25, -0.2) is 22.0 Å². The summed E-state index contributed by atoms with van der Waals surface area (Å²) in [5, 5.41) is 7.55. The van der Waals surface area contributed by atoms with Crippen LogP contribution < -0.4 is 15.2 Å². The van der Waals surface area contributed by atoms with Gasteiger partial charge in [-0.05, 0) is 12.1 Å². The van der Waals surface area contributed by atoms with Crippen LogP contribution >= 0.6 is 11.6 Å². The number of sulfonamides is 2. The minimum Gasteiger partial charge on any atom is -0.366 e. The Morgan fingerprint density at radius 3 is 2.40 bits per heavy atom. The summed E-state index contributed by atoms with van der Waals surface area (Å²) in [6.45, 7) is -0.203. The number of carbonyl (C=O) groups is 2. The summed E-state index contributed by atoms with van der Waals surface area (Å²) in [7, 11) is -8.32. The van der Waals surface area contributed by atoms with Crippen molar-refractivity contribution in [2.24, 2.45) is 5.14 Å². The lowest BCUT2D eigenvalue weighted by Crippen LogP contribution is -2.52. The third-order valence-corrected chi connectivity index (χ3v) is 6.66. The number of nitrogens with one attached hydrogen (secondary N) is 2. The van der Waals surface area contributed by atoms with Crippen LogP contribution in [0.1, 0.15) is 12.8 Å². The Kier molecular flexibility index (Phi) is 4.28. The summed E-state index contributed by atoms with van der Waals surface area (Å²) >= 11 is 5.87. The zero-order valence-corrected chi connectivity index (χ0v) is 14.9. The molecule has 1 atom stereocenters. The molecule has 2 aliphatic rings. The molecule has 1 fully saturated rings. The molecule has 2 amide bonds. The molecule has 3 rings (SSSR count). The van der Waals surface area contributed by atoms with Gasteiger partial charge in [-0.1, -0.05) is 11.6 Å². The molecule has 0 unspecified atom stereocenters. The number of likely N-dealkylation sites (tertiary alicyclic amines) is 1. The zero-order chi connectivity index (χ0) is 18.6. The van der Waals surface area contributed by atoms with Crippen molar-refractivity contribution in [1.29, 1.82) is 0 Å². The zero-order valence-electron chi connectivity index (χ0n) is 12.5. The monoisotopic (exact) mass is 408 g/mol. The van der Waals surface area contributed by atoms with Gasteiger partial charge >= 0.3 is 0 Å². The van der Waals surface area contributed by atoms with Gasteiger partial charge in [0.2, 0.25) is 31.9 Å². The maximum atomic E-state index is 12.4. The molecule has 0 radical (unpaired) electrons. The third-order valence-electron chi connectivity index (χ3n) is 3.78. The fourth-order valence-electron chi connectivity index (χ4n) is 2.65.